The van der Waals surface area contributed by atoms with E-state index in [0.717, 1.165) is 11.8 Å². The van der Waals surface area contributed by atoms with E-state index in [2.05, 4.69) is 13.8 Å². The van der Waals surface area contributed by atoms with Crippen LogP contribution in [-0.2, 0) is 0 Å². The second-order valence-electron chi connectivity index (χ2n) is 4.83. The van der Waals surface area contributed by atoms with Crippen LogP contribution >= 0.6 is 0 Å². The summed E-state index contributed by atoms with van der Waals surface area (Å²) in [6, 6.07) is 0. The van der Waals surface area contributed by atoms with Crippen LogP contribution in [0.2, 0.25) is 0 Å². The molecule has 0 heterocycles. The topological polar surface area (TPSA) is 0 Å². The Morgan fingerprint density at radius 2 is 1.31 bits per heavy atom. The molecule has 78 valence electrons. The first kappa shape index (κ1) is 11.1. The zero-order valence-corrected chi connectivity index (χ0v) is 9.52. The van der Waals surface area contributed by atoms with Gasteiger partial charge >= 0.3 is 0 Å². The molecule has 0 radical (unpaired) electrons. The van der Waals surface area contributed by atoms with Gasteiger partial charge in [0, 0.05) is 0 Å². The van der Waals surface area contributed by atoms with E-state index >= 15 is 0 Å². The lowest BCUT2D eigenvalue weighted by atomic mass is 9.88. The quantitative estimate of drug-likeness (QED) is 0.549. The summed E-state index contributed by atoms with van der Waals surface area (Å²) in [6.07, 6.45) is 13.4. The van der Waals surface area contributed by atoms with Crippen molar-refractivity contribution in [3.8, 4) is 0 Å². The zero-order valence-electron chi connectivity index (χ0n) is 9.52. The van der Waals surface area contributed by atoms with Gasteiger partial charge in [-0.1, -0.05) is 65.2 Å². The van der Waals surface area contributed by atoms with Crippen molar-refractivity contribution >= 4 is 0 Å². The van der Waals surface area contributed by atoms with Crippen LogP contribution in [0.3, 0.4) is 0 Å². The number of rotatable bonds is 4. The van der Waals surface area contributed by atoms with Crippen LogP contribution in [0.5, 0.6) is 0 Å². The molecular weight excluding hydrogens is 156 g/mol. The molecule has 1 aliphatic rings. The Morgan fingerprint density at radius 1 is 0.846 bits per heavy atom. The van der Waals surface area contributed by atoms with Gasteiger partial charge in [0.2, 0.25) is 0 Å². The van der Waals surface area contributed by atoms with E-state index in [-0.39, 0.29) is 0 Å². The van der Waals surface area contributed by atoms with Gasteiger partial charge in [0.05, 0.1) is 0 Å². The summed E-state index contributed by atoms with van der Waals surface area (Å²) < 4.78 is 0. The van der Waals surface area contributed by atoms with Crippen LogP contribution in [0.25, 0.3) is 0 Å². The summed E-state index contributed by atoms with van der Waals surface area (Å²) in [4.78, 5) is 0. The Bertz CT molecular complexity index is 103. The van der Waals surface area contributed by atoms with E-state index in [1.807, 2.05) is 0 Å². The first-order valence-electron chi connectivity index (χ1n) is 6.36. The van der Waals surface area contributed by atoms with Gasteiger partial charge in [0.25, 0.3) is 0 Å². The maximum Gasteiger partial charge on any atom is -0.0412 e. The van der Waals surface area contributed by atoms with E-state index in [1.54, 1.807) is 6.42 Å². The van der Waals surface area contributed by atoms with Crippen LogP contribution < -0.4 is 0 Å². The summed E-state index contributed by atoms with van der Waals surface area (Å²) in [6.45, 7) is 4.67. The van der Waals surface area contributed by atoms with Gasteiger partial charge in [-0.3, -0.25) is 0 Å². The zero-order chi connectivity index (χ0) is 9.52. The average molecular weight is 182 g/mol. The predicted molar refractivity (Wildman–Crippen MR) is 59.9 cm³/mol. The highest BCUT2D eigenvalue weighted by Gasteiger charge is 2.18. The van der Waals surface area contributed by atoms with Crippen molar-refractivity contribution in [1.29, 1.82) is 0 Å². The fraction of sp³-hybridized carbons (Fsp3) is 1.00. The van der Waals surface area contributed by atoms with Gasteiger partial charge in [-0.05, 0) is 18.3 Å². The summed E-state index contributed by atoms with van der Waals surface area (Å²) in [7, 11) is 0. The highest BCUT2D eigenvalue weighted by molar-refractivity contribution is 4.71. The van der Waals surface area contributed by atoms with Crippen LogP contribution in [0.4, 0.5) is 0 Å². The third kappa shape index (κ3) is 4.15. The summed E-state index contributed by atoms with van der Waals surface area (Å²) >= 11 is 0. The highest BCUT2D eigenvalue weighted by atomic mass is 14.2. The van der Waals surface area contributed by atoms with E-state index in [9.17, 15) is 0 Å². The maximum absolute atomic E-state index is 2.33. The molecular formula is C13H26. The van der Waals surface area contributed by atoms with Crippen molar-refractivity contribution in [2.75, 3.05) is 0 Å². The van der Waals surface area contributed by atoms with Crippen LogP contribution in [0, 0.1) is 11.8 Å². The predicted octanol–water partition coefficient (Wildman–Crippen LogP) is 4.78. The molecule has 0 nitrogen and oxygen atoms in total. The molecule has 2 unspecified atom stereocenters. The van der Waals surface area contributed by atoms with E-state index in [0.29, 0.717) is 0 Å². The second-order valence-corrected chi connectivity index (χ2v) is 4.83. The number of hydrogen-bond acceptors (Lipinski definition) is 0. The Balaban J connectivity index is 2.30. The molecule has 0 N–H and O–H groups in total. The highest BCUT2D eigenvalue weighted by Crippen LogP contribution is 2.32. The Morgan fingerprint density at radius 3 is 1.69 bits per heavy atom. The van der Waals surface area contributed by atoms with E-state index < -0.39 is 0 Å². The molecule has 1 aliphatic carbocycles. The lowest BCUT2D eigenvalue weighted by Gasteiger charge is -2.18. The van der Waals surface area contributed by atoms with Gasteiger partial charge in [-0.25, -0.2) is 0 Å². The molecule has 0 aromatic carbocycles. The molecule has 0 amide bonds. The third-order valence-electron chi connectivity index (χ3n) is 3.54. The van der Waals surface area contributed by atoms with Crippen molar-refractivity contribution in [3.05, 3.63) is 0 Å². The van der Waals surface area contributed by atoms with Gasteiger partial charge in [-0.2, -0.15) is 0 Å². The molecule has 0 aromatic heterocycles. The van der Waals surface area contributed by atoms with Crippen molar-refractivity contribution in [2.45, 2.75) is 71.6 Å². The monoisotopic (exact) mass is 182 g/mol. The molecule has 0 bridgehead atoms. The first-order valence-corrected chi connectivity index (χ1v) is 6.36. The van der Waals surface area contributed by atoms with Crippen molar-refractivity contribution in [3.63, 3.8) is 0 Å². The molecule has 1 saturated carbocycles. The molecule has 13 heavy (non-hydrogen) atoms. The molecule has 1 fully saturated rings. The fourth-order valence-electron chi connectivity index (χ4n) is 2.91. The molecule has 0 aromatic rings. The Labute approximate surface area is 84.1 Å². The van der Waals surface area contributed by atoms with Crippen LogP contribution in [-0.4, -0.2) is 0 Å². The lowest BCUT2D eigenvalue weighted by molar-refractivity contribution is 0.338. The van der Waals surface area contributed by atoms with Crippen LogP contribution in [0.1, 0.15) is 71.6 Å². The lowest BCUT2D eigenvalue weighted by Crippen LogP contribution is -2.05. The molecule has 0 aliphatic heterocycles. The summed E-state index contributed by atoms with van der Waals surface area (Å²) in [5, 5.41) is 0. The van der Waals surface area contributed by atoms with E-state index in [4.69, 9.17) is 0 Å². The minimum Gasteiger partial charge on any atom is -0.0654 e. The van der Waals surface area contributed by atoms with Gasteiger partial charge in [-0.15, -0.1) is 0 Å². The van der Waals surface area contributed by atoms with Gasteiger partial charge in [0.1, 0.15) is 0 Å². The summed E-state index contributed by atoms with van der Waals surface area (Å²) in [5.74, 6) is 2.15. The smallest absolute Gasteiger partial charge is 0.0412 e. The van der Waals surface area contributed by atoms with Crippen molar-refractivity contribution in [1.82, 2.24) is 0 Å². The average Bonchev–Trinajstić information content (AvgIpc) is 2.32. The molecule has 2 atom stereocenters. The molecule has 1 rings (SSSR count). The van der Waals surface area contributed by atoms with Gasteiger partial charge < -0.3 is 0 Å². The Hall–Kier alpha value is 0. The third-order valence-corrected chi connectivity index (χ3v) is 3.54. The van der Waals surface area contributed by atoms with Crippen LogP contribution in [0.15, 0.2) is 0 Å². The molecule has 0 heteroatoms. The van der Waals surface area contributed by atoms with Crippen molar-refractivity contribution in [2.24, 2.45) is 11.8 Å². The molecule has 0 spiro atoms. The second kappa shape index (κ2) is 6.45. The first-order chi connectivity index (χ1) is 6.36. The Kier molecular flexibility index (Phi) is 5.50. The maximum atomic E-state index is 2.33. The SMILES string of the molecule is CCCC1CCCCC(CCC)C1. The minimum absolute atomic E-state index is 1.07. The largest absolute Gasteiger partial charge is 0.0654 e. The standard InChI is InChI=1S/C13H26/c1-3-7-12-9-5-6-10-13(11-12)8-4-2/h12-13H,3-11H2,1-2H3. The fourth-order valence-corrected chi connectivity index (χ4v) is 2.91. The van der Waals surface area contributed by atoms with Gasteiger partial charge in [0.15, 0.2) is 0 Å². The summed E-state index contributed by atoms with van der Waals surface area (Å²) in [5.41, 5.74) is 0. The number of hydrogen-bond donors (Lipinski definition) is 0. The minimum atomic E-state index is 1.07. The van der Waals surface area contributed by atoms with Crippen molar-refractivity contribution < 1.29 is 0 Å². The van der Waals surface area contributed by atoms with E-state index in [1.165, 1.54) is 51.4 Å². The normalized spacial score (nSPS) is 30.0. The molecule has 0 saturated heterocycles.